The van der Waals surface area contributed by atoms with Crippen LogP contribution in [0.3, 0.4) is 0 Å². The van der Waals surface area contributed by atoms with E-state index in [4.69, 9.17) is 18.9 Å². The standard InChI is InChI=1S/C65H127NO8/c1-6-8-10-12-14-16-18-20-22-24-26-27-28-29-30-31-32-33-34-35-36-38-40-42-44-46-48-50-52-54-56-63(68)74-61(60-73-65(64(69)70)71-58-57-66(3,4)5)59-72-62(67)55-53-51-49-47-45-43-41-39-37-25-23-21-19-17-15-13-11-9-7-2/h61,65H,6-60H2,1-5H3/p+1. The number of ether oxygens (including phenoxy) is 4. The molecule has 0 spiro atoms. The number of carboxylic acid groups (broad SMARTS) is 1. The van der Waals surface area contributed by atoms with Crippen LogP contribution in [0.5, 0.6) is 0 Å². The second-order valence-electron chi connectivity index (χ2n) is 23.8. The van der Waals surface area contributed by atoms with E-state index in [1.807, 2.05) is 21.1 Å². The average Bonchev–Trinajstić information content (AvgIpc) is 3.37. The molecule has 0 fully saturated rings. The first-order valence-corrected chi connectivity index (χ1v) is 32.7. The Morgan fingerprint density at radius 1 is 0.351 bits per heavy atom. The van der Waals surface area contributed by atoms with Gasteiger partial charge >= 0.3 is 17.9 Å². The summed E-state index contributed by atoms with van der Waals surface area (Å²) in [5.41, 5.74) is 0. The number of rotatable bonds is 62. The normalized spacial score (nSPS) is 12.6. The first-order chi connectivity index (χ1) is 36.1. The van der Waals surface area contributed by atoms with Crippen molar-refractivity contribution in [3.05, 3.63) is 0 Å². The van der Waals surface area contributed by atoms with Crippen LogP contribution in [0.4, 0.5) is 0 Å². The smallest absolute Gasteiger partial charge is 0.361 e. The molecular weight excluding hydrogens is 923 g/mol. The second-order valence-corrected chi connectivity index (χ2v) is 23.8. The topological polar surface area (TPSA) is 108 Å². The minimum atomic E-state index is -1.50. The summed E-state index contributed by atoms with van der Waals surface area (Å²) in [7, 11) is 5.99. The van der Waals surface area contributed by atoms with E-state index in [9.17, 15) is 19.5 Å². The van der Waals surface area contributed by atoms with E-state index in [1.165, 1.54) is 276 Å². The monoisotopic (exact) mass is 1050 g/mol. The van der Waals surface area contributed by atoms with Crippen molar-refractivity contribution in [2.75, 3.05) is 47.5 Å². The van der Waals surface area contributed by atoms with E-state index >= 15 is 0 Å². The number of hydrogen-bond donors (Lipinski definition) is 1. The highest BCUT2D eigenvalue weighted by Crippen LogP contribution is 2.19. The number of likely N-dealkylation sites (N-methyl/N-ethyl adjacent to an activating group) is 1. The molecule has 0 aliphatic rings. The molecule has 0 radical (unpaired) electrons. The van der Waals surface area contributed by atoms with Gasteiger partial charge in [0.2, 0.25) is 0 Å². The molecule has 0 saturated heterocycles. The van der Waals surface area contributed by atoms with Crippen LogP contribution in [0.2, 0.25) is 0 Å². The molecule has 0 aliphatic carbocycles. The lowest BCUT2D eigenvalue weighted by Gasteiger charge is -2.25. The number of carbonyl (C=O) groups is 3. The minimum Gasteiger partial charge on any atom is -0.477 e. The lowest BCUT2D eigenvalue weighted by Crippen LogP contribution is -2.40. The van der Waals surface area contributed by atoms with Crippen LogP contribution in [0.1, 0.15) is 341 Å². The summed E-state index contributed by atoms with van der Waals surface area (Å²) in [6, 6.07) is 0. The Hall–Kier alpha value is -1.71. The molecule has 0 amide bonds. The number of quaternary nitrogens is 1. The first kappa shape index (κ1) is 72.3. The van der Waals surface area contributed by atoms with Crippen molar-refractivity contribution >= 4 is 17.9 Å². The number of carboxylic acids is 1. The Labute approximate surface area is 460 Å². The number of carbonyl (C=O) groups excluding carboxylic acids is 2. The number of nitrogens with zero attached hydrogens (tertiary/aromatic N) is 1. The van der Waals surface area contributed by atoms with Gasteiger partial charge in [-0.25, -0.2) is 4.79 Å². The van der Waals surface area contributed by atoms with Gasteiger partial charge in [0.15, 0.2) is 6.10 Å². The predicted molar refractivity (Wildman–Crippen MR) is 314 cm³/mol. The molecule has 2 atom stereocenters. The van der Waals surface area contributed by atoms with Crippen LogP contribution in [-0.2, 0) is 33.3 Å². The van der Waals surface area contributed by atoms with E-state index in [-0.39, 0.29) is 38.2 Å². The minimum absolute atomic E-state index is 0.172. The number of esters is 2. The number of unbranched alkanes of at least 4 members (excludes halogenated alkanes) is 47. The summed E-state index contributed by atoms with van der Waals surface area (Å²) in [4.78, 5) is 37.5. The molecule has 0 aromatic carbocycles. The molecular formula is C65H128NO8+. The molecule has 0 aromatic rings. The fourth-order valence-corrected chi connectivity index (χ4v) is 10.1. The van der Waals surface area contributed by atoms with Crippen LogP contribution < -0.4 is 0 Å². The van der Waals surface area contributed by atoms with Gasteiger partial charge in [0.25, 0.3) is 6.29 Å². The molecule has 74 heavy (non-hydrogen) atoms. The highest BCUT2D eigenvalue weighted by molar-refractivity contribution is 5.71. The van der Waals surface area contributed by atoms with E-state index in [2.05, 4.69) is 13.8 Å². The lowest BCUT2D eigenvalue weighted by atomic mass is 10.0. The predicted octanol–water partition coefficient (Wildman–Crippen LogP) is 19.5. The maximum absolute atomic E-state index is 12.9. The lowest BCUT2D eigenvalue weighted by molar-refractivity contribution is -0.870. The molecule has 0 heterocycles. The van der Waals surface area contributed by atoms with Gasteiger partial charge in [0, 0.05) is 12.8 Å². The molecule has 0 rings (SSSR count). The Morgan fingerprint density at radius 2 is 0.608 bits per heavy atom. The molecule has 9 nitrogen and oxygen atoms in total. The zero-order valence-corrected chi connectivity index (χ0v) is 50.3. The Balaban J connectivity index is 4.06. The number of hydrogen-bond acceptors (Lipinski definition) is 7. The maximum atomic E-state index is 12.9. The Bertz CT molecular complexity index is 1180. The van der Waals surface area contributed by atoms with Crippen LogP contribution in [0.15, 0.2) is 0 Å². The molecule has 1 N–H and O–H groups in total. The maximum Gasteiger partial charge on any atom is 0.361 e. The second kappa shape index (κ2) is 57.5. The van der Waals surface area contributed by atoms with Gasteiger partial charge in [-0.15, -0.1) is 0 Å². The van der Waals surface area contributed by atoms with Gasteiger partial charge in [-0.1, -0.05) is 316 Å². The van der Waals surface area contributed by atoms with Crippen molar-refractivity contribution in [2.45, 2.75) is 354 Å². The summed E-state index contributed by atoms with van der Waals surface area (Å²) in [6.45, 7) is 4.96. The van der Waals surface area contributed by atoms with E-state index in [0.717, 1.165) is 38.5 Å². The molecule has 2 unspecified atom stereocenters. The molecule has 0 aromatic heterocycles. The third-order valence-corrected chi connectivity index (χ3v) is 15.1. The van der Waals surface area contributed by atoms with Crippen LogP contribution in [0.25, 0.3) is 0 Å². The largest absolute Gasteiger partial charge is 0.477 e. The van der Waals surface area contributed by atoms with Crippen molar-refractivity contribution in [1.29, 1.82) is 0 Å². The van der Waals surface area contributed by atoms with E-state index in [1.54, 1.807) is 0 Å². The van der Waals surface area contributed by atoms with Crippen molar-refractivity contribution in [2.24, 2.45) is 0 Å². The third-order valence-electron chi connectivity index (χ3n) is 15.1. The van der Waals surface area contributed by atoms with E-state index < -0.39 is 18.4 Å². The highest BCUT2D eigenvalue weighted by Gasteiger charge is 2.25. The van der Waals surface area contributed by atoms with Crippen molar-refractivity contribution in [3.8, 4) is 0 Å². The molecule has 0 bridgehead atoms. The fourth-order valence-electron chi connectivity index (χ4n) is 10.1. The SMILES string of the molecule is CCCCCCCCCCCCCCCCCCCCCCCCCCCCCCCCC(=O)OC(COC(=O)CCCCCCCCCCCCCCCCCCCCC)COC(OCC[N+](C)(C)C)C(=O)O. The Morgan fingerprint density at radius 3 is 0.865 bits per heavy atom. The summed E-state index contributed by atoms with van der Waals surface area (Å²) in [5, 5.41) is 9.72. The summed E-state index contributed by atoms with van der Waals surface area (Å²) in [5.74, 6) is -1.97. The average molecular weight is 1050 g/mol. The molecule has 0 aliphatic heterocycles. The number of aliphatic carboxylic acids is 1. The van der Waals surface area contributed by atoms with Crippen molar-refractivity contribution in [3.63, 3.8) is 0 Å². The highest BCUT2D eigenvalue weighted by atomic mass is 16.7. The Kier molecular flexibility index (Phi) is 56.1. The van der Waals surface area contributed by atoms with Gasteiger partial charge in [-0.3, -0.25) is 9.59 Å². The van der Waals surface area contributed by atoms with Gasteiger partial charge in [-0.2, -0.15) is 0 Å². The summed E-state index contributed by atoms with van der Waals surface area (Å²) < 4.78 is 23.0. The van der Waals surface area contributed by atoms with Crippen molar-refractivity contribution in [1.82, 2.24) is 0 Å². The van der Waals surface area contributed by atoms with E-state index in [0.29, 0.717) is 17.4 Å². The molecule has 0 saturated carbocycles. The quantitative estimate of drug-likeness (QED) is 0.0278. The fraction of sp³-hybridized carbons (Fsp3) is 0.954. The van der Waals surface area contributed by atoms with Gasteiger partial charge < -0.3 is 28.5 Å². The molecule has 9 heteroatoms. The van der Waals surface area contributed by atoms with Crippen LogP contribution in [-0.4, -0.2) is 87.4 Å². The first-order valence-electron chi connectivity index (χ1n) is 32.7. The van der Waals surface area contributed by atoms with Gasteiger partial charge in [-0.05, 0) is 12.8 Å². The summed E-state index contributed by atoms with van der Waals surface area (Å²) in [6.07, 6.45) is 63.5. The zero-order valence-electron chi connectivity index (χ0n) is 50.3. The zero-order chi connectivity index (χ0) is 54.1. The molecule has 440 valence electrons. The van der Waals surface area contributed by atoms with Crippen molar-refractivity contribution < 1.29 is 42.9 Å². The van der Waals surface area contributed by atoms with Gasteiger partial charge in [0.05, 0.1) is 34.4 Å². The van der Waals surface area contributed by atoms with Gasteiger partial charge in [0.1, 0.15) is 13.2 Å². The summed E-state index contributed by atoms with van der Waals surface area (Å²) >= 11 is 0. The van der Waals surface area contributed by atoms with Crippen LogP contribution in [0, 0.1) is 0 Å². The third kappa shape index (κ3) is 58.0. The van der Waals surface area contributed by atoms with Crippen LogP contribution >= 0.6 is 0 Å².